The second-order valence-corrected chi connectivity index (χ2v) is 12.7. The summed E-state index contributed by atoms with van der Waals surface area (Å²) in [6, 6.07) is 10.0. The number of hydrogen-bond acceptors (Lipinski definition) is 6. The van der Waals surface area contributed by atoms with Gasteiger partial charge in [-0.2, -0.15) is 0 Å². The minimum absolute atomic E-state index is 0.103. The third kappa shape index (κ3) is 15.2. The lowest BCUT2D eigenvalue weighted by Crippen LogP contribution is -2.44. The van der Waals surface area contributed by atoms with E-state index in [1.807, 2.05) is 19.1 Å². The fraction of sp³-hybridized carbons (Fsp3) is 0.579. The van der Waals surface area contributed by atoms with Crippen molar-refractivity contribution in [3.8, 4) is 11.5 Å². The maximum Gasteiger partial charge on any atom is 0.273 e. The van der Waals surface area contributed by atoms with Gasteiger partial charge in [0, 0.05) is 12.3 Å². The number of amides is 4. The molecule has 0 spiro atoms. The molecule has 0 aliphatic rings. The van der Waals surface area contributed by atoms with Crippen LogP contribution >= 0.6 is 0 Å². The number of nitrogens with one attached hydrogen (secondary N) is 4. The number of phenols is 2. The molecule has 266 valence electrons. The highest BCUT2D eigenvalue weighted by Gasteiger charge is 2.19. The van der Waals surface area contributed by atoms with Gasteiger partial charge >= 0.3 is 0 Å². The maximum atomic E-state index is 12.8. The zero-order valence-electron chi connectivity index (χ0n) is 29.3. The SMILES string of the molecule is CCCCCCc1ccc(C(=O)NNC(=O)CCCCCCC(CCC)C(=O)NNC(=O)c2ccc(CCCCCC)cc2O)c(O)c1. The number of aromatic hydroxyl groups is 2. The van der Waals surface area contributed by atoms with Gasteiger partial charge in [-0.25, -0.2) is 0 Å². The first kappa shape index (κ1) is 40.1. The van der Waals surface area contributed by atoms with Gasteiger partial charge < -0.3 is 10.2 Å². The average Bonchev–Trinajstić information content (AvgIpc) is 3.07. The fourth-order valence-electron chi connectivity index (χ4n) is 5.69. The van der Waals surface area contributed by atoms with Crippen LogP contribution in [0.25, 0.3) is 0 Å². The number of hydrazine groups is 2. The number of phenolic OH excluding ortho intramolecular Hbond substituents is 2. The predicted octanol–water partition coefficient (Wildman–Crippen LogP) is 7.32. The molecule has 2 aromatic rings. The minimum atomic E-state index is -0.572. The summed E-state index contributed by atoms with van der Waals surface area (Å²) in [5, 5.41) is 20.7. The van der Waals surface area contributed by atoms with E-state index in [9.17, 15) is 29.4 Å². The van der Waals surface area contributed by atoms with Gasteiger partial charge in [-0.3, -0.25) is 40.9 Å². The Labute approximate surface area is 286 Å². The number of unbranched alkanes of at least 4 members (excludes halogenated alkanes) is 9. The summed E-state index contributed by atoms with van der Waals surface area (Å²) in [6.07, 6.45) is 16.1. The highest BCUT2D eigenvalue weighted by atomic mass is 16.3. The van der Waals surface area contributed by atoms with Gasteiger partial charge in [0.05, 0.1) is 11.1 Å². The number of rotatable bonds is 22. The Morgan fingerprint density at radius 3 is 1.56 bits per heavy atom. The second-order valence-electron chi connectivity index (χ2n) is 12.7. The maximum absolute atomic E-state index is 12.8. The Balaban J connectivity index is 1.66. The molecule has 0 fully saturated rings. The normalized spacial score (nSPS) is 11.5. The Bertz CT molecular complexity index is 1300. The lowest BCUT2D eigenvalue weighted by molar-refractivity contribution is -0.126. The van der Waals surface area contributed by atoms with E-state index in [0.717, 1.165) is 88.2 Å². The van der Waals surface area contributed by atoms with Crippen molar-refractivity contribution in [3.05, 3.63) is 58.7 Å². The minimum Gasteiger partial charge on any atom is -0.507 e. The van der Waals surface area contributed by atoms with E-state index in [1.54, 1.807) is 24.3 Å². The summed E-state index contributed by atoms with van der Waals surface area (Å²) < 4.78 is 0. The van der Waals surface area contributed by atoms with Crippen LogP contribution in [-0.2, 0) is 22.4 Å². The molecular formula is C38H58N4O6. The first-order valence-electron chi connectivity index (χ1n) is 18.0. The smallest absolute Gasteiger partial charge is 0.273 e. The number of benzene rings is 2. The monoisotopic (exact) mass is 666 g/mol. The number of hydrogen-bond donors (Lipinski definition) is 6. The van der Waals surface area contributed by atoms with Crippen LogP contribution < -0.4 is 21.7 Å². The summed E-state index contributed by atoms with van der Waals surface area (Å²) in [6.45, 7) is 6.32. The van der Waals surface area contributed by atoms with Gasteiger partial charge in [0.1, 0.15) is 11.5 Å². The Kier molecular flexibility index (Phi) is 19.4. The molecule has 2 aromatic carbocycles. The zero-order valence-corrected chi connectivity index (χ0v) is 29.3. The summed E-state index contributed by atoms with van der Waals surface area (Å²) in [4.78, 5) is 50.1. The highest BCUT2D eigenvalue weighted by molar-refractivity contribution is 5.98. The standard InChI is InChI=1S/C38H58N4O6/c1-4-7-9-13-18-28-22-24-31(33(43)26-28)37(47)41-39-35(45)21-16-12-11-15-20-30(17-6-3)36(46)40-42-38(48)32-25-23-29(27-34(32)44)19-14-10-8-5-2/h22-27,30,43-44H,4-21H2,1-3H3,(H,39,45)(H,40,46)(H,41,47)(H,42,48). The number of aryl methyl sites for hydroxylation is 2. The van der Waals surface area contributed by atoms with E-state index in [2.05, 4.69) is 35.6 Å². The van der Waals surface area contributed by atoms with Crippen LogP contribution in [0.2, 0.25) is 0 Å². The lowest BCUT2D eigenvalue weighted by Gasteiger charge is -2.17. The fourth-order valence-corrected chi connectivity index (χ4v) is 5.69. The van der Waals surface area contributed by atoms with E-state index in [0.29, 0.717) is 19.3 Å². The van der Waals surface area contributed by atoms with Crippen molar-refractivity contribution < 1.29 is 29.4 Å². The van der Waals surface area contributed by atoms with E-state index in [4.69, 9.17) is 0 Å². The van der Waals surface area contributed by atoms with E-state index in [-0.39, 0.29) is 46.8 Å². The van der Waals surface area contributed by atoms with Crippen LogP contribution in [0.3, 0.4) is 0 Å². The van der Waals surface area contributed by atoms with E-state index < -0.39 is 11.8 Å². The summed E-state index contributed by atoms with van der Waals surface area (Å²) in [5.41, 5.74) is 11.9. The number of carbonyl (C=O) groups is 4. The largest absolute Gasteiger partial charge is 0.507 e. The molecule has 1 unspecified atom stereocenters. The molecule has 0 aromatic heterocycles. The second kappa shape index (κ2) is 23.3. The van der Waals surface area contributed by atoms with Gasteiger partial charge in [-0.05, 0) is 80.3 Å². The molecule has 1 atom stereocenters. The van der Waals surface area contributed by atoms with Gasteiger partial charge in [-0.1, -0.05) is 97.1 Å². The summed E-state index contributed by atoms with van der Waals surface area (Å²) >= 11 is 0. The highest BCUT2D eigenvalue weighted by Crippen LogP contribution is 2.22. The van der Waals surface area contributed by atoms with Crippen molar-refractivity contribution in [1.29, 1.82) is 0 Å². The molecule has 6 N–H and O–H groups in total. The lowest BCUT2D eigenvalue weighted by atomic mass is 9.95. The molecule has 0 aliphatic carbocycles. The third-order valence-corrected chi connectivity index (χ3v) is 8.58. The van der Waals surface area contributed by atoms with Crippen LogP contribution in [0.1, 0.15) is 155 Å². The molecule has 0 aliphatic heterocycles. The molecule has 0 saturated heterocycles. The van der Waals surface area contributed by atoms with Crippen LogP contribution in [-0.4, -0.2) is 33.8 Å². The van der Waals surface area contributed by atoms with Crippen molar-refractivity contribution in [2.24, 2.45) is 5.92 Å². The van der Waals surface area contributed by atoms with Crippen molar-refractivity contribution in [3.63, 3.8) is 0 Å². The summed E-state index contributed by atoms with van der Waals surface area (Å²) in [7, 11) is 0. The van der Waals surface area contributed by atoms with E-state index >= 15 is 0 Å². The van der Waals surface area contributed by atoms with Gasteiger partial charge in [0.25, 0.3) is 11.8 Å². The Hall–Kier alpha value is -4.08. The van der Waals surface area contributed by atoms with Crippen molar-refractivity contribution >= 4 is 23.6 Å². The van der Waals surface area contributed by atoms with Gasteiger partial charge in [-0.15, -0.1) is 0 Å². The van der Waals surface area contributed by atoms with Crippen molar-refractivity contribution in [2.45, 2.75) is 136 Å². The first-order valence-corrected chi connectivity index (χ1v) is 18.0. The molecule has 4 amide bonds. The molecule has 0 saturated carbocycles. The molecule has 2 rings (SSSR count). The van der Waals surface area contributed by atoms with Crippen molar-refractivity contribution in [2.75, 3.05) is 0 Å². The van der Waals surface area contributed by atoms with Gasteiger partial charge in [0.15, 0.2) is 0 Å². The molecule has 0 heterocycles. The summed E-state index contributed by atoms with van der Waals surface area (Å²) in [5.74, 6) is -2.19. The quantitative estimate of drug-likeness (QED) is 0.0571. The Morgan fingerprint density at radius 1 is 0.562 bits per heavy atom. The third-order valence-electron chi connectivity index (χ3n) is 8.58. The molecule has 10 heteroatoms. The van der Waals surface area contributed by atoms with E-state index in [1.165, 1.54) is 12.8 Å². The molecule has 48 heavy (non-hydrogen) atoms. The van der Waals surface area contributed by atoms with Crippen LogP contribution in [0.4, 0.5) is 0 Å². The van der Waals surface area contributed by atoms with Gasteiger partial charge in [0.2, 0.25) is 11.8 Å². The van der Waals surface area contributed by atoms with Crippen LogP contribution in [0, 0.1) is 5.92 Å². The van der Waals surface area contributed by atoms with Crippen molar-refractivity contribution in [1.82, 2.24) is 21.7 Å². The average molecular weight is 667 g/mol. The van der Waals surface area contributed by atoms with Crippen LogP contribution in [0.5, 0.6) is 11.5 Å². The molecular weight excluding hydrogens is 608 g/mol. The number of carbonyl (C=O) groups excluding carboxylic acids is 4. The predicted molar refractivity (Wildman–Crippen MR) is 189 cm³/mol. The Morgan fingerprint density at radius 2 is 1.06 bits per heavy atom. The molecule has 0 bridgehead atoms. The first-order chi connectivity index (χ1) is 23.2. The topological polar surface area (TPSA) is 157 Å². The molecule has 10 nitrogen and oxygen atoms in total. The molecule has 0 radical (unpaired) electrons. The van der Waals surface area contributed by atoms with Crippen LogP contribution in [0.15, 0.2) is 36.4 Å². The zero-order chi connectivity index (χ0) is 35.1.